The van der Waals surface area contributed by atoms with E-state index in [4.69, 9.17) is 16.3 Å². The summed E-state index contributed by atoms with van der Waals surface area (Å²) in [6.07, 6.45) is 0. The second kappa shape index (κ2) is 7.73. The fourth-order valence-corrected chi connectivity index (χ4v) is 2.57. The predicted octanol–water partition coefficient (Wildman–Crippen LogP) is 5.34. The largest absolute Gasteiger partial charge is 0.496 e. The molecule has 0 aliphatic carbocycles. The van der Waals surface area contributed by atoms with Crippen LogP contribution in [0.3, 0.4) is 0 Å². The fraction of sp³-hybridized carbons (Fsp3) is 0.0500. The van der Waals surface area contributed by atoms with Crippen molar-refractivity contribution in [3.8, 4) is 5.75 Å². The van der Waals surface area contributed by atoms with Gasteiger partial charge in [-0.3, -0.25) is 4.79 Å². The summed E-state index contributed by atoms with van der Waals surface area (Å²) in [6, 6.07) is 22.0. The van der Waals surface area contributed by atoms with Crippen molar-refractivity contribution >= 4 is 34.6 Å². The smallest absolute Gasteiger partial charge is 0.259 e. The van der Waals surface area contributed by atoms with Crippen molar-refractivity contribution in [2.75, 3.05) is 17.7 Å². The van der Waals surface area contributed by atoms with Crippen LogP contribution in [0.2, 0.25) is 5.02 Å². The molecule has 5 heteroatoms. The number of benzene rings is 3. The molecule has 0 saturated carbocycles. The molecule has 25 heavy (non-hydrogen) atoms. The third-order valence-electron chi connectivity index (χ3n) is 3.65. The normalized spacial score (nSPS) is 10.2. The molecule has 0 heterocycles. The summed E-state index contributed by atoms with van der Waals surface area (Å²) < 4.78 is 5.22. The topological polar surface area (TPSA) is 50.4 Å². The second-order valence-electron chi connectivity index (χ2n) is 5.34. The van der Waals surface area contributed by atoms with E-state index < -0.39 is 0 Å². The van der Waals surface area contributed by atoms with E-state index in [2.05, 4.69) is 10.6 Å². The van der Waals surface area contributed by atoms with Gasteiger partial charge in [-0.05, 0) is 48.5 Å². The molecule has 0 aromatic heterocycles. The lowest BCUT2D eigenvalue weighted by molar-refractivity contribution is 0.102. The molecule has 0 atom stereocenters. The van der Waals surface area contributed by atoms with Gasteiger partial charge in [-0.2, -0.15) is 0 Å². The molecule has 0 aliphatic heterocycles. The van der Waals surface area contributed by atoms with Gasteiger partial charge in [0.15, 0.2) is 0 Å². The van der Waals surface area contributed by atoms with Crippen molar-refractivity contribution in [2.45, 2.75) is 0 Å². The van der Waals surface area contributed by atoms with Crippen LogP contribution in [0.1, 0.15) is 10.4 Å². The zero-order chi connectivity index (χ0) is 17.6. The zero-order valence-electron chi connectivity index (χ0n) is 13.6. The third-order valence-corrected chi connectivity index (χ3v) is 3.98. The molecule has 0 spiro atoms. The molecule has 0 fully saturated rings. The van der Waals surface area contributed by atoms with E-state index in [-0.39, 0.29) is 5.91 Å². The highest BCUT2D eigenvalue weighted by Gasteiger charge is 2.11. The first-order chi connectivity index (χ1) is 12.2. The van der Waals surface area contributed by atoms with Crippen LogP contribution < -0.4 is 15.4 Å². The number of para-hydroxylation sites is 2. The summed E-state index contributed by atoms with van der Waals surface area (Å²) in [4.78, 5) is 12.4. The Balaban J connectivity index is 1.70. The van der Waals surface area contributed by atoms with E-state index in [1.165, 1.54) is 0 Å². The highest BCUT2D eigenvalue weighted by atomic mass is 35.5. The van der Waals surface area contributed by atoms with Crippen LogP contribution in [0.15, 0.2) is 72.8 Å². The summed E-state index contributed by atoms with van der Waals surface area (Å²) >= 11 is 6.14. The van der Waals surface area contributed by atoms with Gasteiger partial charge in [0.25, 0.3) is 5.91 Å². The third kappa shape index (κ3) is 4.11. The lowest BCUT2D eigenvalue weighted by atomic mass is 10.2. The SMILES string of the molecule is COc1ccccc1C(=O)Nc1ccc(Nc2ccccc2Cl)cc1. The summed E-state index contributed by atoms with van der Waals surface area (Å²) in [5, 5.41) is 6.75. The number of nitrogens with one attached hydrogen (secondary N) is 2. The Labute approximate surface area is 151 Å². The van der Waals surface area contributed by atoms with Crippen LogP contribution in [-0.2, 0) is 0 Å². The van der Waals surface area contributed by atoms with Crippen molar-refractivity contribution in [1.82, 2.24) is 0 Å². The number of hydrogen-bond acceptors (Lipinski definition) is 3. The van der Waals surface area contributed by atoms with Gasteiger partial charge in [0.05, 0.1) is 23.4 Å². The number of hydrogen-bond donors (Lipinski definition) is 2. The Bertz CT molecular complexity index is 879. The zero-order valence-corrected chi connectivity index (χ0v) is 14.4. The van der Waals surface area contributed by atoms with Gasteiger partial charge in [-0.25, -0.2) is 0 Å². The van der Waals surface area contributed by atoms with Crippen LogP contribution in [0.4, 0.5) is 17.1 Å². The number of carbonyl (C=O) groups is 1. The van der Waals surface area contributed by atoms with E-state index in [1.807, 2.05) is 54.6 Å². The first-order valence-electron chi connectivity index (χ1n) is 7.73. The summed E-state index contributed by atoms with van der Waals surface area (Å²) in [6.45, 7) is 0. The first kappa shape index (κ1) is 16.9. The number of halogens is 1. The van der Waals surface area contributed by atoms with Crippen molar-refractivity contribution < 1.29 is 9.53 Å². The van der Waals surface area contributed by atoms with Crippen LogP contribution in [-0.4, -0.2) is 13.0 Å². The minimum atomic E-state index is -0.218. The molecular formula is C20H17ClN2O2. The van der Waals surface area contributed by atoms with E-state index in [0.717, 1.165) is 11.4 Å². The number of rotatable bonds is 5. The number of carbonyl (C=O) groups excluding carboxylic acids is 1. The molecule has 0 saturated heterocycles. The van der Waals surface area contributed by atoms with Crippen molar-refractivity contribution in [1.29, 1.82) is 0 Å². The van der Waals surface area contributed by atoms with Crippen molar-refractivity contribution in [3.63, 3.8) is 0 Å². The molecule has 3 rings (SSSR count). The Hall–Kier alpha value is -2.98. The van der Waals surface area contributed by atoms with E-state index in [0.29, 0.717) is 22.0 Å². The maximum atomic E-state index is 12.4. The van der Waals surface area contributed by atoms with E-state index >= 15 is 0 Å². The molecule has 1 amide bonds. The number of amides is 1. The summed E-state index contributed by atoms with van der Waals surface area (Å²) in [5.74, 6) is 0.321. The minimum Gasteiger partial charge on any atom is -0.496 e. The molecule has 3 aromatic carbocycles. The Morgan fingerprint density at radius 3 is 2.24 bits per heavy atom. The van der Waals surface area contributed by atoms with Gasteiger partial charge in [-0.15, -0.1) is 0 Å². The Morgan fingerprint density at radius 1 is 0.880 bits per heavy atom. The maximum Gasteiger partial charge on any atom is 0.259 e. The molecule has 0 radical (unpaired) electrons. The molecule has 4 nitrogen and oxygen atoms in total. The van der Waals surface area contributed by atoms with Crippen LogP contribution in [0, 0.1) is 0 Å². The van der Waals surface area contributed by atoms with Crippen molar-refractivity contribution in [3.05, 3.63) is 83.4 Å². The second-order valence-corrected chi connectivity index (χ2v) is 5.74. The molecular weight excluding hydrogens is 336 g/mol. The average Bonchev–Trinajstić information content (AvgIpc) is 2.65. The molecule has 0 unspecified atom stereocenters. The van der Waals surface area contributed by atoms with Gasteiger partial charge >= 0.3 is 0 Å². The van der Waals surface area contributed by atoms with E-state index in [9.17, 15) is 4.79 Å². The van der Waals surface area contributed by atoms with Crippen LogP contribution in [0.5, 0.6) is 5.75 Å². The van der Waals surface area contributed by atoms with Gasteiger partial charge in [0, 0.05) is 11.4 Å². The Kier molecular flexibility index (Phi) is 5.21. The number of ether oxygens (including phenoxy) is 1. The molecule has 2 N–H and O–H groups in total. The lowest BCUT2D eigenvalue weighted by Gasteiger charge is -2.11. The standard InChI is InChI=1S/C20H17ClN2O2/c1-25-19-9-5-2-6-16(19)20(24)23-15-12-10-14(11-13-15)22-18-8-4-3-7-17(18)21/h2-13,22H,1H3,(H,23,24). The minimum absolute atomic E-state index is 0.218. The van der Waals surface area contributed by atoms with Crippen LogP contribution in [0.25, 0.3) is 0 Å². The molecule has 0 aliphatic rings. The van der Waals surface area contributed by atoms with Gasteiger partial charge in [0.1, 0.15) is 5.75 Å². The van der Waals surface area contributed by atoms with Gasteiger partial charge in [0.2, 0.25) is 0 Å². The van der Waals surface area contributed by atoms with E-state index in [1.54, 1.807) is 25.3 Å². The maximum absolute atomic E-state index is 12.4. The van der Waals surface area contributed by atoms with Gasteiger partial charge < -0.3 is 15.4 Å². The highest BCUT2D eigenvalue weighted by molar-refractivity contribution is 6.33. The van der Waals surface area contributed by atoms with Crippen molar-refractivity contribution in [2.24, 2.45) is 0 Å². The molecule has 126 valence electrons. The number of anilines is 3. The fourth-order valence-electron chi connectivity index (χ4n) is 2.39. The quantitative estimate of drug-likeness (QED) is 0.651. The van der Waals surface area contributed by atoms with Crippen LogP contribution >= 0.6 is 11.6 Å². The molecule has 3 aromatic rings. The predicted molar refractivity (Wildman–Crippen MR) is 102 cm³/mol. The van der Waals surface area contributed by atoms with Gasteiger partial charge in [-0.1, -0.05) is 35.9 Å². The first-order valence-corrected chi connectivity index (χ1v) is 8.11. The highest BCUT2D eigenvalue weighted by Crippen LogP contribution is 2.26. The monoisotopic (exact) mass is 352 g/mol. The lowest BCUT2D eigenvalue weighted by Crippen LogP contribution is -2.13. The molecule has 0 bridgehead atoms. The Morgan fingerprint density at radius 2 is 1.52 bits per heavy atom. The summed E-state index contributed by atoms with van der Waals surface area (Å²) in [7, 11) is 1.54. The summed E-state index contributed by atoms with van der Waals surface area (Å²) in [5.41, 5.74) is 2.89. The number of methoxy groups -OCH3 is 1. The average molecular weight is 353 g/mol.